The van der Waals surface area contributed by atoms with Gasteiger partial charge in [-0.05, 0) is 31.2 Å². The van der Waals surface area contributed by atoms with Crippen LogP contribution in [0.5, 0.6) is 0 Å². The molecule has 0 radical (unpaired) electrons. The molecular formula is C13H17FN2O2S. The zero-order valence-corrected chi connectivity index (χ0v) is 11.6. The first kappa shape index (κ1) is 14.3. The average molecular weight is 284 g/mol. The lowest BCUT2D eigenvalue weighted by molar-refractivity contribution is -0.385. The molecule has 1 saturated carbocycles. The van der Waals surface area contributed by atoms with Crippen LogP contribution in [0.4, 0.5) is 10.1 Å². The van der Waals surface area contributed by atoms with Crippen LogP contribution in [0.2, 0.25) is 0 Å². The van der Waals surface area contributed by atoms with Crippen molar-refractivity contribution in [3.05, 3.63) is 39.7 Å². The molecule has 0 spiro atoms. The van der Waals surface area contributed by atoms with E-state index >= 15 is 0 Å². The van der Waals surface area contributed by atoms with Crippen molar-refractivity contribution in [2.45, 2.75) is 37.1 Å². The molecule has 2 unspecified atom stereocenters. The summed E-state index contributed by atoms with van der Waals surface area (Å²) in [5, 5.41) is 14.8. The molecule has 0 aromatic heterocycles. The van der Waals surface area contributed by atoms with Gasteiger partial charge in [-0.3, -0.25) is 10.1 Å². The zero-order chi connectivity index (χ0) is 13.8. The van der Waals surface area contributed by atoms with Gasteiger partial charge in [0.15, 0.2) is 0 Å². The molecule has 0 saturated heterocycles. The van der Waals surface area contributed by atoms with E-state index in [-0.39, 0.29) is 5.69 Å². The van der Waals surface area contributed by atoms with Crippen molar-refractivity contribution in [3.63, 3.8) is 0 Å². The van der Waals surface area contributed by atoms with E-state index in [9.17, 15) is 14.5 Å². The Morgan fingerprint density at radius 1 is 1.53 bits per heavy atom. The van der Waals surface area contributed by atoms with Crippen molar-refractivity contribution in [1.82, 2.24) is 5.32 Å². The summed E-state index contributed by atoms with van der Waals surface area (Å²) in [6.07, 6.45) is 5.50. The number of nitrogens with zero attached hydrogens (tertiary/aromatic N) is 1. The Balaban J connectivity index is 2.06. The Bertz CT molecular complexity index is 470. The quantitative estimate of drug-likeness (QED) is 0.667. The lowest BCUT2D eigenvalue weighted by Gasteiger charge is -2.19. The highest BCUT2D eigenvalue weighted by molar-refractivity contribution is 7.99. The second-order valence-corrected chi connectivity index (χ2v) is 5.80. The highest BCUT2D eigenvalue weighted by Gasteiger charge is 2.26. The molecule has 0 heterocycles. The van der Waals surface area contributed by atoms with E-state index in [0.29, 0.717) is 23.4 Å². The fourth-order valence-electron chi connectivity index (χ4n) is 2.56. The molecule has 4 nitrogen and oxygen atoms in total. The normalized spacial score (nSPS) is 22.6. The maximum atomic E-state index is 13.2. The number of benzene rings is 1. The van der Waals surface area contributed by atoms with Gasteiger partial charge in [-0.2, -0.15) is 11.8 Å². The predicted molar refractivity (Wildman–Crippen MR) is 74.8 cm³/mol. The standard InChI is InChI=1S/C13H17FN2O2S/c1-19-13-4-2-3-11(13)15-8-9-7-10(14)5-6-12(9)16(17)18/h5-7,11,13,15H,2-4,8H2,1H3. The third kappa shape index (κ3) is 3.45. The third-order valence-corrected chi connectivity index (χ3v) is 4.72. The molecule has 0 bridgehead atoms. The van der Waals surface area contributed by atoms with Crippen molar-refractivity contribution in [3.8, 4) is 0 Å². The smallest absolute Gasteiger partial charge is 0.274 e. The van der Waals surface area contributed by atoms with Crippen LogP contribution in [0, 0.1) is 15.9 Å². The van der Waals surface area contributed by atoms with E-state index in [1.165, 1.54) is 25.0 Å². The van der Waals surface area contributed by atoms with Gasteiger partial charge in [0.25, 0.3) is 5.69 Å². The molecule has 1 aromatic carbocycles. The highest BCUT2D eigenvalue weighted by atomic mass is 32.2. The molecule has 104 valence electrons. The highest BCUT2D eigenvalue weighted by Crippen LogP contribution is 2.29. The Hall–Kier alpha value is -1.14. The molecule has 1 aromatic rings. The van der Waals surface area contributed by atoms with E-state index in [2.05, 4.69) is 11.6 Å². The summed E-state index contributed by atoms with van der Waals surface area (Å²) >= 11 is 1.82. The van der Waals surface area contributed by atoms with Gasteiger partial charge in [0.2, 0.25) is 0 Å². The minimum atomic E-state index is -0.461. The number of hydrogen-bond acceptors (Lipinski definition) is 4. The summed E-state index contributed by atoms with van der Waals surface area (Å²) in [7, 11) is 0. The minimum absolute atomic E-state index is 0.0207. The van der Waals surface area contributed by atoms with Gasteiger partial charge in [0, 0.05) is 29.5 Å². The van der Waals surface area contributed by atoms with E-state index in [0.717, 1.165) is 12.5 Å². The summed E-state index contributed by atoms with van der Waals surface area (Å²) in [5.74, 6) is -0.435. The second kappa shape index (κ2) is 6.34. The van der Waals surface area contributed by atoms with Crippen LogP contribution in [-0.4, -0.2) is 22.5 Å². The molecule has 19 heavy (non-hydrogen) atoms. The third-order valence-electron chi connectivity index (χ3n) is 3.55. The van der Waals surface area contributed by atoms with Gasteiger partial charge < -0.3 is 5.32 Å². The van der Waals surface area contributed by atoms with Crippen LogP contribution >= 0.6 is 11.8 Å². The van der Waals surface area contributed by atoms with E-state index in [1.54, 1.807) is 0 Å². The zero-order valence-electron chi connectivity index (χ0n) is 10.8. The van der Waals surface area contributed by atoms with Gasteiger partial charge in [-0.15, -0.1) is 0 Å². The Morgan fingerprint density at radius 2 is 2.32 bits per heavy atom. The summed E-state index contributed by atoms with van der Waals surface area (Å²) in [4.78, 5) is 10.4. The van der Waals surface area contributed by atoms with Crippen molar-refractivity contribution in [1.29, 1.82) is 0 Å². The van der Waals surface area contributed by atoms with Gasteiger partial charge in [0.1, 0.15) is 5.82 Å². The molecule has 1 fully saturated rings. The molecule has 0 amide bonds. The minimum Gasteiger partial charge on any atom is -0.309 e. The number of nitrogens with one attached hydrogen (secondary N) is 1. The topological polar surface area (TPSA) is 55.2 Å². The van der Waals surface area contributed by atoms with Crippen LogP contribution in [0.25, 0.3) is 0 Å². The summed E-state index contributed by atoms with van der Waals surface area (Å²) < 4.78 is 13.2. The molecular weight excluding hydrogens is 267 g/mol. The number of halogens is 1. The van der Waals surface area contributed by atoms with Crippen molar-refractivity contribution >= 4 is 17.4 Å². The van der Waals surface area contributed by atoms with Gasteiger partial charge in [-0.1, -0.05) is 6.42 Å². The van der Waals surface area contributed by atoms with Gasteiger partial charge >= 0.3 is 0 Å². The fraction of sp³-hybridized carbons (Fsp3) is 0.538. The fourth-order valence-corrected chi connectivity index (χ4v) is 3.52. The molecule has 2 rings (SSSR count). The maximum absolute atomic E-state index is 13.2. The van der Waals surface area contributed by atoms with Crippen LogP contribution in [0.3, 0.4) is 0 Å². The number of hydrogen-bond donors (Lipinski definition) is 1. The van der Waals surface area contributed by atoms with Crippen LogP contribution < -0.4 is 5.32 Å². The SMILES string of the molecule is CSC1CCCC1NCc1cc(F)ccc1[N+](=O)[O-]. The Morgan fingerprint density at radius 3 is 3.00 bits per heavy atom. The average Bonchev–Trinajstić information content (AvgIpc) is 2.83. The molecule has 2 atom stereocenters. The van der Waals surface area contributed by atoms with E-state index in [1.807, 2.05) is 11.8 Å². The number of rotatable bonds is 5. The first-order valence-corrected chi connectivity index (χ1v) is 7.59. The largest absolute Gasteiger partial charge is 0.309 e. The predicted octanol–water partition coefficient (Wildman–Crippen LogP) is 3.11. The van der Waals surface area contributed by atoms with Crippen molar-refractivity contribution < 1.29 is 9.31 Å². The Kier molecular flexibility index (Phi) is 4.76. The van der Waals surface area contributed by atoms with Crippen LogP contribution in [-0.2, 0) is 6.54 Å². The molecule has 1 aliphatic rings. The monoisotopic (exact) mass is 284 g/mol. The van der Waals surface area contributed by atoms with Crippen LogP contribution in [0.15, 0.2) is 18.2 Å². The van der Waals surface area contributed by atoms with Gasteiger partial charge in [0.05, 0.1) is 4.92 Å². The second-order valence-electron chi connectivity index (χ2n) is 4.72. The van der Waals surface area contributed by atoms with E-state index < -0.39 is 10.7 Å². The summed E-state index contributed by atoms with van der Waals surface area (Å²) in [6.45, 7) is 0.343. The lowest BCUT2D eigenvalue weighted by Crippen LogP contribution is -2.33. The summed E-state index contributed by atoms with van der Waals surface area (Å²) in [6, 6.07) is 3.96. The maximum Gasteiger partial charge on any atom is 0.274 e. The molecule has 1 aliphatic carbocycles. The number of nitro benzene ring substituents is 1. The van der Waals surface area contributed by atoms with Crippen LogP contribution in [0.1, 0.15) is 24.8 Å². The Labute approximate surface area is 115 Å². The molecule has 1 N–H and O–H groups in total. The number of nitro groups is 1. The van der Waals surface area contributed by atoms with E-state index in [4.69, 9.17) is 0 Å². The van der Waals surface area contributed by atoms with Crippen molar-refractivity contribution in [2.24, 2.45) is 0 Å². The summed E-state index contributed by atoms with van der Waals surface area (Å²) in [5.41, 5.74) is 0.393. The first-order chi connectivity index (χ1) is 9.11. The van der Waals surface area contributed by atoms with Gasteiger partial charge in [-0.25, -0.2) is 4.39 Å². The first-order valence-electron chi connectivity index (χ1n) is 6.31. The molecule has 6 heteroatoms. The molecule has 0 aliphatic heterocycles. The van der Waals surface area contributed by atoms with Crippen molar-refractivity contribution in [2.75, 3.05) is 6.26 Å². The lowest BCUT2D eigenvalue weighted by atomic mass is 10.1. The number of thioether (sulfide) groups is 1.